The van der Waals surface area contributed by atoms with Crippen LogP contribution in [0.1, 0.15) is 5.56 Å². The van der Waals surface area contributed by atoms with Gasteiger partial charge in [0.1, 0.15) is 12.4 Å². The summed E-state index contributed by atoms with van der Waals surface area (Å²) in [4.78, 5) is 7.62. The Bertz CT molecular complexity index is 1270. The highest BCUT2D eigenvalue weighted by Crippen LogP contribution is 2.26. The molecule has 2 aromatic carbocycles. The van der Waals surface area contributed by atoms with E-state index in [1.54, 1.807) is 6.20 Å². The molecule has 5 rings (SSSR count). The van der Waals surface area contributed by atoms with Gasteiger partial charge in [0.25, 0.3) is 0 Å². The molecule has 0 saturated heterocycles. The van der Waals surface area contributed by atoms with E-state index in [1.165, 1.54) is 10.9 Å². The van der Waals surface area contributed by atoms with Gasteiger partial charge < -0.3 is 15.5 Å². The molecule has 0 fully saturated rings. The third kappa shape index (κ3) is 3.58. The van der Waals surface area contributed by atoms with Gasteiger partial charge in [-0.1, -0.05) is 24.3 Å². The lowest BCUT2D eigenvalue weighted by atomic mass is 10.1. The summed E-state index contributed by atoms with van der Waals surface area (Å²) in [5.74, 6) is 0.712. The van der Waals surface area contributed by atoms with Gasteiger partial charge in [0.2, 0.25) is 0 Å². The highest BCUT2D eigenvalue weighted by molar-refractivity contribution is 5.84. The van der Waals surface area contributed by atoms with Crippen LogP contribution < -0.4 is 10.5 Å². The molecular weight excluding hydrogens is 362 g/mol. The second kappa shape index (κ2) is 7.41. The maximum absolute atomic E-state index is 6.33. The minimum absolute atomic E-state index is 0.111. The maximum atomic E-state index is 6.33. The van der Waals surface area contributed by atoms with E-state index in [4.69, 9.17) is 10.5 Å². The first-order valence-corrected chi connectivity index (χ1v) is 9.58. The third-order valence-corrected chi connectivity index (χ3v) is 5.11. The predicted molar refractivity (Wildman–Crippen MR) is 115 cm³/mol. The number of pyridine rings is 1. The molecule has 0 amide bonds. The molecule has 0 unspecified atom stereocenters. The van der Waals surface area contributed by atoms with Crippen molar-refractivity contribution in [2.45, 2.75) is 12.5 Å². The van der Waals surface area contributed by atoms with Crippen LogP contribution in [0.5, 0.6) is 5.75 Å². The van der Waals surface area contributed by atoms with Crippen molar-refractivity contribution in [2.24, 2.45) is 5.73 Å². The summed E-state index contributed by atoms with van der Waals surface area (Å²) < 4.78 is 5.95. The molecule has 4 N–H and O–H groups in total. The number of nitrogens with two attached hydrogens (primary N) is 1. The lowest BCUT2D eigenvalue weighted by Crippen LogP contribution is -2.30. The van der Waals surface area contributed by atoms with Crippen molar-refractivity contribution in [1.29, 1.82) is 0 Å². The number of fused-ring (bicyclic) bond motifs is 2. The van der Waals surface area contributed by atoms with Gasteiger partial charge in [0.05, 0.1) is 17.9 Å². The molecule has 5 aromatic rings. The Morgan fingerprint density at radius 2 is 1.90 bits per heavy atom. The van der Waals surface area contributed by atoms with E-state index in [0.29, 0.717) is 12.4 Å². The van der Waals surface area contributed by atoms with E-state index in [9.17, 15) is 0 Å². The molecule has 144 valence electrons. The number of para-hydroxylation sites is 1. The topological polar surface area (TPSA) is 92.6 Å². The van der Waals surface area contributed by atoms with E-state index in [-0.39, 0.29) is 6.04 Å². The Kier molecular flexibility index (Phi) is 4.46. The Hall–Kier alpha value is -3.64. The van der Waals surface area contributed by atoms with Gasteiger partial charge in [-0.3, -0.25) is 10.1 Å². The fourth-order valence-corrected chi connectivity index (χ4v) is 3.62. The van der Waals surface area contributed by atoms with Crippen LogP contribution in [-0.2, 0) is 6.42 Å². The van der Waals surface area contributed by atoms with Crippen molar-refractivity contribution >= 4 is 21.8 Å². The highest BCUT2D eigenvalue weighted by Gasteiger charge is 2.10. The molecule has 1 atom stereocenters. The molecule has 3 heterocycles. The lowest BCUT2D eigenvalue weighted by molar-refractivity contribution is 0.287. The van der Waals surface area contributed by atoms with Crippen LogP contribution in [0.15, 0.2) is 73.3 Å². The molecular formula is C23H21N5O. The minimum atomic E-state index is -0.111. The predicted octanol–water partition coefficient (Wildman–Crippen LogP) is 4.06. The summed E-state index contributed by atoms with van der Waals surface area (Å²) in [7, 11) is 0. The van der Waals surface area contributed by atoms with Crippen LogP contribution >= 0.6 is 0 Å². The monoisotopic (exact) mass is 383 g/mol. The van der Waals surface area contributed by atoms with Crippen molar-refractivity contribution < 1.29 is 4.74 Å². The molecule has 29 heavy (non-hydrogen) atoms. The summed E-state index contributed by atoms with van der Waals surface area (Å²) in [6.07, 6.45) is 8.14. The van der Waals surface area contributed by atoms with E-state index in [0.717, 1.165) is 34.0 Å². The number of benzene rings is 2. The summed E-state index contributed by atoms with van der Waals surface area (Å²) in [5.41, 5.74) is 11.7. The van der Waals surface area contributed by atoms with Crippen molar-refractivity contribution in [3.8, 4) is 16.9 Å². The molecule has 0 radical (unpaired) electrons. The van der Waals surface area contributed by atoms with Crippen LogP contribution in [-0.4, -0.2) is 32.8 Å². The Morgan fingerprint density at radius 1 is 0.966 bits per heavy atom. The number of hydrogen-bond donors (Lipinski definition) is 3. The molecule has 6 nitrogen and oxygen atoms in total. The van der Waals surface area contributed by atoms with Gasteiger partial charge in [-0.05, 0) is 41.8 Å². The van der Waals surface area contributed by atoms with Crippen molar-refractivity contribution in [1.82, 2.24) is 20.2 Å². The van der Waals surface area contributed by atoms with Gasteiger partial charge in [-0.25, -0.2) is 0 Å². The quantitative estimate of drug-likeness (QED) is 0.412. The largest absolute Gasteiger partial charge is 0.490 e. The molecule has 0 aliphatic carbocycles. The normalized spacial score (nSPS) is 12.4. The minimum Gasteiger partial charge on any atom is -0.490 e. The number of ether oxygens (including phenoxy) is 1. The first-order chi connectivity index (χ1) is 14.3. The van der Waals surface area contributed by atoms with Crippen molar-refractivity contribution in [3.63, 3.8) is 0 Å². The van der Waals surface area contributed by atoms with Crippen molar-refractivity contribution in [2.75, 3.05) is 6.61 Å². The fraction of sp³-hybridized carbons (Fsp3) is 0.130. The zero-order chi connectivity index (χ0) is 19.6. The van der Waals surface area contributed by atoms with Gasteiger partial charge in [-0.2, -0.15) is 5.10 Å². The highest BCUT2D eigenvalue weighted by atomic mass is 16.5. The number of nitrogens with one attached hydrogen (secondary N) is 2. The van der Waals surface area contributed by atoms with Crippen LogP contribution in [0.4, 0.5) is 0 Å². The van der Waals surface area contributed by atoms with Gasteiger partial charge in [0.15, 0.2) is 0 Å². The second-order valence-corrected chi connectivity index (χ2v) is 7.22. The van der Waals surface area contributed by atoms with Gasteiger partial charge in [-0.15, -0.1) is 0 Å². The lowest BCUT2D eigenvalue weighted by Gasteiger charge is -2.13. The molecule has 0 bridgehead atoms. The van der Waals surface area contributed by atoms with Crippen LogP contribution in [0, 0.1) is 0 Å². The average Bonchev–Trinajstić information content (AvgIpc) is 3.39. The molecule has 0 aliphatic rings. The average molecular weight is 383 g/mol. The Labute approximate surface area is 167 Å². The van der Waals surface area contributed by atoms with Gasteiger partial charge in [0, 0.05) is 40.3 Å². The zero-order valence-corrected chi connectivity index (χ0v) is 15.8. The van der Waals surface area contributed by atoms with Crippen LogP contribution in [0.25, 0.3) is 32.9 Å². The van der Waals surface area contributed by atoms with Crippen LogP contribution in [0.2, 0.25) is 0 Å². The van der Waals surface area contributed by atoms with E-state index >= 15 is 0 Å². The maximum Gasteiger partial charge on any atom is 0.138 e. The first-order valence-electron chi connectivity index (χ1n) is 9.58. The number of aromatic nitrogens is 4. The zero-order valence-electron chi connectivity index (χ0n) is 15.8. The summed E-state index contributed by atoms with van der Waals surface area (Å²) in [6.45, 7) is 0.422. The molecule has 0 aliphatic heterocycles. The Morgan fingerprint density at radius 3 is 2.86 bits per heavy atom. The number of nitrogens with zero attached hydrogens (tertiary/aromatic N) is 2. The first kappa shape index (κ1) is 17.5. The third-order valence-electron chi connectivity index (χ3n) is 5.11. The molecule has 0 saturated carbocycles. The fourth-order valence-electron chi connectivity index (χ4n) is 3.62. The van der Waals surface area contributed by atoms with E-state index in [1.807, 2.05) is 48.9 Å². The molecule has 6 heteroatoms. The molecule has 3 aromatic heterocycles. The smallest absolute Gasteiger partial charge is 0.138 e. The van der Waals surface area contributed by atoms with Gasteiger partial charge >= 0.3 is 0 Å². The Balaban J connectivity index is 1.27. The summed E-state index contributed by atoms with van der Waals surface area (Å²) in [5, 5.41) is 9.31. The number of hydrogen-bond acceptors (Lipinski definition) is 4. The number of H-pyrrole nitrogens is 2. The molecule has 0 spiro atoms. The standard InChI is InChI=1S/C23H21N5O/c24-19(8-17-11-26-23-4-2-1-3-21(17)23)14-29-20-9-16(10-25-13-20)15-5-6-22-18(7-15)12-27-28-22/h1-7,9-13,19,26H,8,14,24H2,(H,27,28)/t19-/m0/s1. The summed E-state index contributed by atoms with van der Waals surface area (Å²) in [6, 6.07) is 16.3. The van der Waals surface area contributed by atoms with E-state index < -0.39 is 0 Å². The number of aromatic amines is 2. The van der Waals surface area contributed by atoms with Crippen LogP contribution in [0.3, 0.4) is 0 Å². The van der Waals surface area contributed by atoms with Crippen molar-refractivity contribution in [3.05, 3.63) is 78.9 Å². The number of rotatable bonds is 6. The van der Waals surface area contributed by atoms with E-state index in [2.05, 4.69) is 38.4 Å². The SMILES string of the molecule is N[C@H](COc1cncc(-c2ccc3[nH]ncc3c2)c1)Cc1c[nH]c2ccccc12. The summed E-state index contributed by atoms with van der Waals surface area (Å²) >= 11 is 0. The second-order valence-electron chi connectivity index (χ2n) is 7.22.